The molecule has 0 spiro atoms. The summed E-state index contributed by atoms with van der Waals surface area (Å²) in [5.74, 6) is -0.619. The number of thiocarbonyl (C=S) groups is 1. The Bertz CT molecular complexity index is 922. The van der Waals surface area contributed by atoms with Crippen LogP contribution in [0.5, 0.6) is 5.75 Å². The summed E-state index contributed by atoms with van der Waals surface area (Å²) >= 11 is 10.3. The first-order valence-electron chi connectivity index (χ1n) is 8.95. The van der Waals surface area contributed by atoms with Crippen LogP contribution in [0.15, 0.2) is 39.2 Å². The number of nitrogens with zero attached hydrogens (tertiary/aromatic N) is 3. The molecule has 0 radical (unpaired) electrons. The first kappa shape index (κ1) is 21.7. The number of thiophene rings is 1. The number of aliphatic carboxylic acids is 1. The van der Waals surface area contributed by atoms with Gasteiger partial charge in [-0.15, -0.1) is 11.3 Å². The summed E-state index contributed by atoms with van der Waals surface area (Å²) in [6, 6.07) is 7.77. The topological polar surface area (TPSA) is 88.4 Å². The molecule has 1 fully saturated rings. The zero-order valence-electron chi connectivity index (χ0n) is 15.8. The van der Waals surface area contributed by atoms with E-state index in [1.165, 1.54) is 11.3 Å². The summed E-state index contributed by atoms with van der Waals surface area (Å²) in [5, 5.41) is 26.2. The van der Waals surface area contributed by atoms with Crippen molar-refractivity contribution in [3.05, 3.63) is 39.7 Å². The van der Waals surface area contributed by atoms with Crippen molar-refractivity contribution < 1.29 is 15.0 Å². The SMILES string of the molecule is C/C(=N/NC(=S)N1CCN(CC(=O)O)CC1)c1csc(-c2ccc(Br)cc2)c1O. The number of carbonyl (C=O) groups is 1. The van der Waals surface area contributed by atoms with Gasteiger partial charge in [0, 0.05) is 36.0 Å². The molecule has 1 aliphatic rings. The zero-order chi connectivity index (χ0) is 21.0. The Morgan fingerprint density at radius 1 is 1.28 bits per heavy atom. The molecule has 3 rings (SSSR count). The van der Waals surface area contributed by atoms with Crippen LogP contribution in [-0.2, 0) is 4.79 Å². The van der Waals surface area contributed by atoms with Gasteiger partial charge in [0.2, 0.25) is 0 Å². The second-order valence-corrected chi connectivity index (χ2v) is 8.79. The van der Waals surface area contributed by atoms with Crippen LogP contribution < -0.4 is 5.43 Å². The highest BCUT2D eigenvalue weighted by Gasteiger charge is 2.20. The number of piperazine rings is 1. The quantitative estimate of drug-likeness (QED) is 0.332. The number of hydrazone groups is 1. The zero-order valence-corrected chi connectivity index (χ0v) is 19.0. The molecule has 154 valence electrons. The Kier molecular flexibility index (Phi) is 7.23. The van der Waals surface area contributed by atoms with Crippen LogP contribution in [0.1, 0.15) is 12.5 Å². The molecule has 0 saturated carbocycles. The van der Waals surface area contributed by atoms with Crippen LogP contribution in [-0.4, -0.2) is 69.5 Å². The highest BCUT2D eigenvalue weighted by molar-refractivity contribution is 9.10. The Hall–Kier alpha value is -2.01. The third kappa shape index (κ3) is 5.53. The summed E-state index contributed by atoms with van der Waals surface area (Å²) in [4.78, 5) is 15.4. The lowest BCUT2D eigenvalue weighted by Crippen LogP contribution is -2.51. The molecule has 0 bridgehead atoms. The number of nitrogens with one attached hydrogen (secondary N) is 1. The van der Waals surface area contributed by atoms with Crippen LogP contribution in [0, 0.1) is 0 Å². The molecule has 0 atom stereocenters. The number of carboxylic acid groups (broad SMARTS) is 1. The molecule has 0 aliphatic carbocycles. The summed E-state index contributed by atoms with van der Waals surface area (Å²) in [6.07, 6.45) is 0. The number of rotatable bonds is 5. The second kappa shape index (κ2) is 9.66. The molecule has 1 aromatic heterocycles. The minimum atomic E-state index is -0.822. The third-order valence-electron chi connectivity index (χ3n) is 4.60. The highest BCUT2D eigenvalue weighted by Crippen LogP contribution is 2.39. The second-order valence-electron chi connectivity index (χ2n) is 6.61. The smallest absolute Gasteiger partial charge is 0.317 e. The van der Waals surface area contributed by atoms with E-state index < -0.39 is 5.97 Å². The monoisotopic (exact) mass is 496 g/mol. The molecule has 3 N–H and O–H groups in total. The van der Waals surface area contributed by atoms with Gasteiger partial charge in [-0.05, 0) is 36.8 Å². The lowest BCUT2D eigenvalue weighted by molar-refractivity contribution is -0.138. The third-order valence-corrected chi connectivity index (χ3v) is 6.50. The summed E-state index contributed by atoms with van der Waals surface area (Å²) in [5.41, 5.74) is 5.12. The van der Waals surface area contributed by atoms with Gasteiger partial charge in [-0.2, -0.15) is 5.10 Å². The maximum absolute atomic E-state index is 10.8. The van der Waals surface area contributed by atoms with Gasteiger partial charge in [0.25, 0.3) is 0 Å². The van der Waals surface area contributed by atoms with E-state index in [-0.39, 0.29) is 12.3 Å². The Morgan fingerprint density at radius 2 is 1.93 bits per heavy atom. The van der Waals surface area contributed by atoms with Crippen LogP contribution in [0.3, 0.4) is 0 Å². The van der Waals surface area contributed by atoms with E-state index in [0.29, 0.717) is 42.6 Å². The minimum absolute atomic E-state index is 0.0451. The van der Waals surface area contributed by atoms with Crippen molar-refractivity contribution in [3.63, 3.8) is 0 Å². The van der Waals surface area contributed by atoms with Crippen molar-refractivity contribution in [3.8, 4) is 16.2 Å². The number of halogens is 1. The van der Waals surface area contributed by atoms with Gasteiger partial charge in [0.1, 0.15) is 5.75 Å². The van der Waals surface area contributed by atoms with Crippen LogP contribution in [0.2, 0.25) is 0 Å². The first-order valence-corrected chi connectivity index (χ1v) is 11.0. The minimum Gasteiger partial charge on any atom is -0.506 e. The van der Waals surface area contributed by atoms with Crippen LogP contribution in [0.4, 0.5) is 0 Å². The van der Waals surface area contributed by atoms with E-state index in [9.17, 15) is 9.90 Å². The molecule has 2 heterocycles. The van der Waals surface area contributed by atoms with Gasteiger partial charge in [0.15, 0.2) is 5.11 Å². The number of benzene rings is 1. The summed E-state index contributed by atoms with van der Waals surface area (Å²) in [7, 11) is 0. The van der Waals surface area contributed by atoms with Gasteiger partial charge in [-0.1, -0.05) is 28.1 Å². The summed E-state index contributed by atoms with van der Waals surface area (Å²) in [6.45, 7) is 4.42. The van der Waals surface area contributed by atoms with Gasteiger partial charge >= 0.3 is 5.97 Å². The van der Waals surface area contributed by atoms with Crippen molar-refractivity contribution in [1.82, 2.24) is 15.2 Å². The van der Waals surface area contributed by atoms with Gasteiger partial charge < -0.3 is 15.1 Å². The average Bonchev–Trinajstić information content (AvgIpc) is 3.08. The standard InChI is InChI=1S/C19H21BrN4O3S2/c1-12(15-11-29-18(17(15)27)13-2-4-14(20)5-3-13)21-22-19(28)24-8-6-23(7-9-24)10-16(25)26/h2-5,11,27H,6-10H2,1H3,(H,22,28)(H,25,26)/b21-12-. The number of carboxylic acids is 1. The van der Waals surface area contributed by atoms with Crippen molar-refractivity contribution in [2.24, 2.45) is 5.10 Å². The van der Waals surface area contributed by atoms with Crippen molar-refractivity contribution in [2.75, 3.05) is 32.7 Å². The molecular formula is C19H21BrN4O3S2. The molecule has 7 nitrogen and oxygen atoms in total. The molecule has 1 aromatic carbocycles. The molecule has 1 aliphatic heterocycles. The fourth-order valence-corrected chi connectivity index (χ4v) is 4.48. The van der Waals surface area contributed by atoms with E-state index in [0.717, 1.165) is 14.9 Å². The molecule has 0 amide bonds. The van der Waals surface area contributed by atoms with E-state index in [1.54, 1.807) is 0 Å². The average molecular weight is 497 g/mol. The van der Waals surface area contributed by atoms with Gasteiger partial charge in [0.05, 0.1) is 22.7 Å². The van der Waals surface area contributed by atoms with E-state index in [4.69, 9.17) is 17.3 Å². The maximum Gasteiger partial charge on any atom is 0.317 e. The lowest BCUT2D eigenvalue weighted by atomic mass is 10.1. The Balaban J connectivity index is 1.61. The fourth-order valence-electron chi connectivity index (χ4n) is 2.98. The summed E-state index contributed by atoms with van der Waals surface area (Å²) < 4.78 is 0.983. The molecular weight excluding hydrogens is 476 g/mol. The normalized spacial score (nSPS) is 15.4. The highest BCUT2D eigenvalue weighted by atomic mass is 79.9. The Morgan fingerprint density at radius 3 is 2.55 bits per heavy atom. The van der Waals surface area contributed by atoms with Gasteiger partial charge in [-0.25, -0.2) is 0 Å². The largest absolute Gasteiger partial charge is 0.506 e. The number of hydrogen-bond donors (Lipinski definition) is 3. The molecule has 0 unspecified atom stereocenters. The van der Waals surface area contributed by atoms with Crippen LogP contribution >= 0.6 is 39.5 Å². The van der Waals surface area contributed by atoms with E-state index >= 15 is 0 Å². The van der Waals surface area contributed by atoms with Crippen molar-refractivity contribution >= 4 is 56.3 Å². The van der Waals surface area contributed by atoms with Gasteiger partial charge in [-0.3, -0.25) is 15.1 Å². The predicted molar refractivity (Wildman–Crippen MR) is 123 cm³/mol. The molecule has 1 saturated heterocycles. The van der Waals surface area contributed by atoms with Crippen molar-refractivity contribution in [2.45, 2.75) is 6.92 Å². The predicted octanol–water partition coefficient (Wildman–Crippen LogP) is 3.18. The van der Waals surface area contributed by atoms with E-state index in [1.807, 2.05) is 46.4 Å². The lowest BCUT2D eigenvalue weighted by Gasteiger charge is -2.34. The number of hydrogen-bond acceptors (Lipinski definition) is 6. The first-order chi connectivity index (χ1) is 13.8. The van der Waals surface area contributed by atoms with E-state index in [2.05, 4.69) is 26.5 Å². The molecule has 2 aromatic rings. The Labute approximate surface area is 186 Å². The fraction of sp³-hybridized carbons (Fsp3) is 0.316. The number of aromatic hydroxyl groups is 1. The molecule has 10 heteroatoms. The van der Waals surface area contributed by atoms with Crippen LogP contribution in [0.25, 0.3) is 10.4 Å². The molecule has 29 heavy (non-hydrogen) atoms. The maximum atomic E-state index is 10.8. The van der Waals surface area contributed by atoms with Crippen molar-refractivity contribution in [1.29, 1.82) is 0 Å².